The number of nitrogens with zero attached hydrogens (tertiary/aromatic N) is 1. The summed E-state index contributed by atoms with van der Waals surface area (Å²) in [5, 5.41) is 8.74. The molecule has 5 nitrogen and oxygen atoms in total. The number of nitrogens with two attached hydrogens (primary N) is 1. The molecule has 1 saturated heterocycles. The van der Waals surface area contributed by atoms with Crippen LogP contribution in [0.4, 0.5) is 5.69 Å². The Balaban J connectivity index is 2.12. The monoisotopic (exact) mass is 264 g/mol. The van der Waals surface area contributed by atoms with Gasteiger partial charge in [0.2, 0.25) is 0 Å². The third-order valence-corrected chi connectivity index (χ3v) is 3.36. The Morgan fingerprint density at radius 2 is 2.05 bits per heavy atom. The Morgan fingerprint density at radius 3 is 2.74 bits per heavy atom. The highest BCUT2D eigenvalue weighted by Crippen LogP contribution is 2.28. The second kappa shape index (κ2) is 6.54. The van der Waals surface area contributed by atoms with Crippen molar-refractivity contribution < 1.29 is 14.6 Å². The number of aliphatic carboxylic acids is 1. The van der Waals surface area contributed by atoms with Crippen LogP contribution in [0.25, 0.3) is 0 Å². The molecule has 1 aromatic rings. The second-order valence-electron chi connectivity index (χ2n) is 4.70. The highest BCUT2D eigenvalue weighted by molar-refractivity contribution is 5.67. The van der Waals surface area contributed by atoms with E-state index in [2.05, 4.69) is 4.90 Å². The lowest BCUT2D eigenvalue weighted by molar-refractivity contribution is -0.137. The molecule has 1 unspecified atom stereocenters. The molecule has 0 saturated carbocycles. The SMILES string of the molecule is NC(CCC(=O)O)c1ccccc1N1CCOCC1. The molecular weight excluding hydrogens is 244 g/mol. The van der Waals surface area contributed by atoms with Gasteiger partial charge in [-0.3, -0.25) is 4.79 Å². The van der Waals surface area contributed by atoms with Crippen LogP contribution in [0.2, 0.25) is 0 Å². The summed E-state index contributed by atoms with van der Waals surface area (Å²) in [6, 6.07) is 7.71. The van der Waals surface area contributed by atoms with Gasteiger partial charge in [0.05, 0.1) is 13.2 Å². The van der Waals surface area contributed by atoms with E-state index in [1.807, 2.05) is 24.3 Å². The topological polar surface area (TPSA) is 75.8 Å². The summed E-state index contributed by atoms with van der Waals surface area (Å²) in [7, 11) is 0. The van der Waals surface area contributed by atoms with E-state index in [9.17, 15) is 4.79 Å². The zero-order chi connectivity index (χ0) is 13.7. The summed E-state index contributed by atoms with van der Waals surface area (Å²) in [6.07, 6.45) is 0.551. The summed E-state index contributed by atoms with van der Waals surface area (Å²) in [6.45, 7) is 3.14. The fourth-order valence-corrected chi connectivity index (χ4v) is 2.33. The number of rotatable bonds is 5. The molecule has 1 aliphatic heterocycles. The normalized spacial score (nSPS) is 17.2. The van der Waals surface area contributed by atoms with Crippen LogP contribution in [-0.4, -0.2) is 37.4 Å². The summed E-state index contributed by atoms with van der Waals surface area (Å²) >= 11 is 0. The van der Waals surface area contributed by atoms with Crippen LogP contribution < -0.4 is 10.6 Å². The molecule has 1 aromatic carbocycles. The van der Waals surface area contributed by atoms with Crippen LogP contribution in [0.15, 0.2) is 24.3 Å². The van der Waals surface area contributed by atoms with E-state index < -0.39 is 5.97 Å². The van der Waals surface area contributed by atoms with E-state index in [0.29, 0.717) is 6.42 Å². The summed E-state index contributed by atoms with van der Waals surface area (Å²) in [5.74, 6) is -0.806. The number of carboxylic acids is 1. The molecule has 5 heteroatoms. The molecule has 0 radical (unpaired) electrons. The van der Waals surface area contributed by atoms with Gasteiger partial charge in [0.25, 0.3) is 0 Å². The quantitative estimate of drug-likeness (QED) is 0.840. The summed E-state index contributed by atoms with van der Waals surface area (Å²) in [5.41, 5.74) is 8.25. The van der Waals surface area contributed by atoms with E-state index >= 15 is 0 Å². The van der Waals surface area contributed by atoms with Gasteiger partial charge in [-0.15, -0.1) is 0 Å². The maximum Gasteiger partial charge on any atom is 0.303 e. The Hall–Kier alpha value is -1.59. The summed E-state index contributed by atoms with van der Waals surface area (Å²) < 4.78 is 5.35. The maximum atomic E-state index is 10.6. The second-order valence-corrected chi connectivity index (χ2v) is 4.70. The Labute approximate surface area is 113 Å². The number of carbonyl (C=O) groups is 1. The molecule has 2 rings (SSSR count). The lowest BCUT2D eigenvalue weighted by Crippen LogP contribution is -2.37. The van der Waals surface area contributed by atoms with E-state index in [1.54, 1.807) is 0 Å². The molecule has 0 amide bonds. The minimum absolute atomic E-state index is 0.0958. The Morgan fingerprint density at radius 1 is 1.37 bits per heavy atom. The van der Waals surface area contributed by atoms with E-state index in [-0.39, 0.29) is 12.5 Å². The van der Waals surface area contributed by atoms with Crippen LogP contribution in [0.1, 0.15) is 24.4 Å². The third kappa shape index (κ3) is 3.68. The highest BCUT2D eigenvalue weighted by atomic mass is 16.5. The fourth-order valence-electron chi connectivity index (χ4n) is 2.33. The standard InChI is InChI=1S/C14H20N2O3/c15-12(5-6-14(17)18)11-3-1-2-4-13(11)16-7-9-19-10-8-16/h1-4,12H,5-10,15H2,(H,17,18). The zero-order valence-corrected chi connectivity index (χ0v) is 10.9. The van der Waals surface area contributed by atoms with Gasteiger partial charge in [-0.1, -0.05) is 18.2 Å². The van der Waals surface area contributed by atoms with Crippen LogP contribution in [-0.2, 0) is 9.53 Å². The average molecular weight is 264 g/mol. The molecule has 3 N–H and O–H groups in total. The minimum Gasteiger partial charge on any atom is -0.481 e. The molecule has 0 spiro atoms. The summed E-state index contributed by atoms with van der Waals surface area (Å²) in [4.78, 5) is 12.9. The number of para-hydroxylation sites is 1. The number of carboxylic acid groups (broad SMARTS) is 1. The third-order valence-electron chi connectivity index (χ3n) is 3.36. The molecule has 19 heavy (non-hydrogen) atoms. The number of benzene rings is 1. The first-order valence-corrected chi connectivity index (χ1v) is 6.57. The smallest absolute Gasteiger partial charge is 0.303 e. The van der Waals surface area contributed by atoms with Crippen molar-refractivity contribution >= 4 is 11.7 Å². The number of hydrogen-bond acceptors (Lipinski definition) is 4. The van der Waals surface area contributed by atoms with Gasteiger partial charge < -0.3 is 20.5 Å². The number of morpholine rings is 1. The van der Waals surface area contributed by atoms with Gasteiger partial charge >= 0.3 is 5.97 Å². The highest BCUT2D eigenvalue weighted by Gasteiger charge is 2.18. The van der Waals surface area contributed by atoms with E-state index in [1.165, 1.54) is 0 Å². The molecule has 0 aromatic heterocycles. The number of hydrogen-bond donors (Lipinski definition) is 2. The van der Waals surface area contributed by atoms with Crippen LogP contribution in [0.5, 0.6) is 0 Å². The van der Waals surface area contributed by atoms with Crippen molar-refractivity contribution in [3.63, 3.8) is 0 Å². The minimum atomic E-state index is -0.806. The van der Waals surface area contributed by atoms with Crippen molar-refractivity contribution in [1.29, 1.82) is 0 Å². The molecule has 0 bridgehead atoms. The zero-order valence-electron chi connectivity index (χ0n) is 10.9. The van der Waals surface area contributed by atoms with Crippen molar-refractivity contribution in [2.24, 2.45) is 5.73 Å². The first-order chi connectivity index (χ1) is 9.18. The molecule has 1 heterocycles. The van der Waals surface area contributed by atoms with Crippen molar-refractivity contribution in [2.75, 3.05) is 31.2 Å². The molecule has 1 atom stereocenters. The molecule has 0 aliphatic carbocycles. The van der Waals surface area contributed by atoms with Crippen molar-refractivity contribution in [3.8, 4) is 0 Å². The van der Waals surface area contributed by atoms with Gasteiger partial charge in [-0.25, -0.2) is 0 Å². The van der Waals surface area contributed by atoms with Crippen molar-refractivity contribution in [3.05, 3.63) is 29.8 Å². The van der Waals surface area contributed by atoms with Gasteiger partial charge in [0, 0.05) is 31.2 Å². The largest absolute Gasteiger partial charge is 0.481 e. The van der Waals surface area contributed by atoms with Crippen LogP contribution >= 0.6 is 0 Å². The fraction of sp³-hybridized carbons (Fsp3) is 0.500. The lowest BCUT2D eigenvalue weighted by atomic mass is 10.00. The predicted molar refractivity (Wildman–Crippen MR) is 73.3 cm³/mol. The molecular formula is C14H20N2O3. The van der Waals surface area contributed by atoms with Crippen molar-refractivity contribution in [2.45, 2.75) is 18.9 Å². The molecule has 104 valence electrons. The molecule has 1 aliphatic rings. The van der Waals surface area contributed by atoms with E-state index in [4.69, 9.17) is 15.6 Å². The first-order valence-electron chi connectivity index (χ1n) is 6.57. The van der Waals surface area contributed by atoms with Gasteiger partial charge in [-0.05, 0) is 18.1 Å². The molecule has 1 fully saturated rings. The Kier molecular flexibility index (Phi) is 4.76. The van der Waals surface area contributed by atoms with Gasteiger partial charge in [0.15, 0.2) is 0 Å². The predicted octanol–water partition coefficient (Wildman–Crippen LogP) is 1.39. The first kappa shape index (κ1) is 13.8. The van der Waals surface area contributed by atoms with Crippen LogP contribution in [0.3, 0.4) is 0 Å². The van der Waals surface area contributed by atoms with E-state index in [0.717, 1.165) is 37.6 Å². The lowest BCUT2D eigenvalue weighted by Gasteiger charge is -2.31. The van der Waals surface area contributed by atoms with Gasteiger partial charge in [0.1, 0.15) is 0 Å². The number of anilines is 1. The average Bonchev–Trinajstić information content (AvgIpc) is 2.45. The van der Waals surface area contributed by atoms with Crippen LogP contribution in [0, 0.1) is 0 Å². The number of ether oxygens (including phenoxy) is 1. The Bertz CT molecular complexity index is 430. The maximum absolute atomic E-state index is 10.6. The van der Waals surface area contributed by atoms with Gasteiger partial charge in [-0.2, -0.15) is 0 Å². The van der Waals surface area contributed by atoms with Crippen molar-refractivity contribution in [1.82, 2.24) is 0 Å².